The van der Waals surface area contributed by atoms with Crippen LogP contribution in [0.4, 0.5) is 5.69 Å². The van der Waals surface area contributed by atoms with Gasteiger partial charge in [-0.1, -0.05) is 61.7 Å². The normalized spacial score (nSPS) is 11.0. The third kappa shape index (κ3) is 6.61. The molecule has 0 aliphatic heterocycles. The lowest BCUT2D eigenvalue weighted by Crippen LogP contribution is -2.14. The zero-order valence-corrected chi connectivity index (χ0v) is 21.7. The molecule has 3 aromatic carbocycles. The Morgan fingerprint density at radius 2 is 1.91 bits per heavy atom. The van der Waals surface area contributed by atoms with Gasteiger partial charge in [0.25, 0.3) is 5.91 Å². The fourth-order valence-corrected chi connectivity index (χ4v) is 4.25. The van der Waals surface area contributed by atoms with Gasteiger partial charge in [0.05, 0.1) is 7.11 Å². The second-order valence-corrected chi connectivity index (χ2v) is 9.22. The van der Waals surface area contributed by atoms with Crippen molar-refractivity contribution in [3.8, 4) is 17.6 Å². The monoisotopic (exact) mass is 588 g/mol. The lowest BCUT2D eigenvalue weighted by molar-refractivity contribution is -0.112. The fourth-order valence-electron chi connectivity index (χ4n) is 2.92. The largest absolute Gasteiger partial charge is 0.493 e. The number of hydrogen-bond donors (Lipinski definition) is 1. The van der Waals surface area contributed by atoms with Crippen LogP contribution in [0, 0.1) is 18.3 Å². The number of methoxy groups -OCH3 is 1. The summed E-state index contributed by atoms with van der Waals surface area (Å²) in [7, 11) is 1.53. The van der Waals surface area contributed by atoms with Gasteiger partial charge in [-0.3, -0.25) is 4.79 Å². The SMILES string of the molecule is COc1cc(/C=C(/C#N)C(=O)Nc2cc(Cl)ccc2C)ccc1OCc1ccc(Br)cc1Br. The number of carbonyl (C=O) groups is 1. The van der Waals surface area contributed by atoms with Gasteiger partial charge in [0, 0.05) is 25.2 Å². The average Bonchev–Trinajstić information content (AvgIpc) is 2.79. The minimum atomic E-state index is -0.526. The summed E-state index contributed by atoms with van der Waals surface area (Å²) in [4.78, 5) is 12.6. The molecule has 0 saturated carbocycles. The number of carbonyl (C=O) groups excluding carboxylic acids is 1. The van der Waals surface area contributed by atoms with Crippen molar-refractivity contribution in [3.63, 3.8) is 0 Å². The molecule has 1 amide bonds. The van der Waals surface area contributed by atoms with Gasteiger partial charge in [0.2, 0.25) is 0 Å². The van der Waals surface area contributed by atoms with Crippen LogP contribution in [0.5, 0.6) is 11.5 Å². The Labute approximate surface area is 214 Å². The van der Waals surface area contributed by atoms with Crippen molar-refractivity contribution >= 4 is 61.1 Å². The summed E-state index contributed by atoms with van der Waals surface area (Å²) in [5, 5.41) is 12.8. The molecule has 5 nitrogen and oxygen atoms in total. The minimum absolute atomic E-state index is 0.0520. The van der Waals surface area contributed by atoms with E-state index in [1.165, 1.54) is 13.2 Å². The van der Waals surface area contributed by atoms with Crippen LogP contribution < -0.4 is 14.8 Å². The standard InChI is InChI=1S/C25H19Br2ClN2O3/c1-15-3-7-20(28)12-22(15)30-25(31)18(13-29)9-16-4-8-23(24(10-16)32-2)33-14-17-5-6-19(26)11-21(17)27/h3-12H,14H2,1-2H3,(H,30,31)/b18-9-. The van der Waals surface area contributed by atoms with Crippen LogP contribution in [-0.2, 0) is 11.4 Å². The van der Waals surface area contributed by atoms with Gasteiger partial charge in [-0.05, 0) is 60.5 Å². The Balaban J connectivity index is 1.78. The van der Waals surface area contributed by atoms with E-state index < -0.39 is 5.91 Å². The third-order valence-electron chi connectivity index (χ3n) is 4.71. The Kier molecular flexibility index (Phi) is 8.56. The van der Waals surface area contributed by atoms with Crippen molar-refractivity contribution in [2.75, 3.05) is 12.4 Å². The van der Waals surface area contributed by atoms with Crippen LogP contribution in [0.25, 0.3) is 6.08 Å². The number of aryl methyl sites for hydroxylation is 1. The molecular formula is C25H19Br2ClN2O3. The van der Waals surface area contributed by atoms with E-state index in [1.807, 2.05) is 31.2 Å². The predicted octanol–water partition coefficient (Wildman–Crippen LogP) is 7.31. The van der Waals surface area contributed by atoms with Crippen LogP contribution >= 0.6 is 43.5 Å². The molecule has 8 heteroatoms. The van der Waals surface area contributed by atoms with Gasteiger partial charge in [0.15, 0.2) is 11.5 Å². The summed E-state index contributed by atoms with van der Waals surface area (Å²) in [6.45, 7) is 2.18. The number of benzene rings is 3. The van der Waals surface area contributed by atoms with E-state index in [9.17, 15) is 10.1 Å². The van der Waals surface area contributed by atoms with E-state index in [2.05, 4.69) is 37.2 Å². The van der Waals surface area contributed by atoms with E-state index >= 15 is 0 Å². The van der Waals surface area contributed by atoms with Gasteiger partial charge in [-0.2, -0.15) is 5.26 Å². The lowest BCUT2D eigenvalue weighted by Gasteiger charge is -2.13. The van der Waals surface area contributed by atoms with Gasteiger partial charge < -0.3 is 14.8 Å². The van der Waals surface area contributed by atoms with Gasteiger partial charge in [-0.25, -0.2) is 0 Å². The maximum atomic E-state index is 12.6. The lowest BCUT2D eigenvalue weighted by atomic mass is 10.1. The molecule has 0 bridgehead atoms. The highest BCUT2D eigenvalue weighted by Crippen LogP contribution is 2.31. The minimum Gasteiger partial charge on any atom is -0.493 e. The number of nitrogens with zero attached hydrogens (tertiary/aromatic N) is 1. The van der Waals surface area contributed by atoms with Crippen LogP contribution in [0.2, 0.25) is 5.02 Å². The molecule has 0 spiro atoms. The number of nitriles is 1. The fraction of sp³-hybridized carbons (Fsp3) is 0.120. The van der Waals surface area contributed by atoms with E-state index in [4.69, 9.17) is 21.1 Å². The molecule has 0 fully saturated rings. The molecule has 33 heavy (non-hydrogen) atoms. The first kappa shape index (κ1) is 24.8. The molecule has 0 atom stereocenters. The number of halogens is 3. The number of rotatable bonds is 7. The van der Waals surface area contributed by atoms with Crippen molar-refractivity contribution in [2.24, 2.45) is 0 Å². The van der Waals surface area contributed by atoms with Crippen molar-refractivity contribution in [3.05, 3.63) is 90.8 Å². The first-order valence-corrected chi connectivity index (χ1v) is 11.7. The predicted molar refractivity (Wildman–Crippen MR) is 138 cm³/mol. The topological polar surface area (TPSA) is 71.3 Å². The summed E-state index contributed by atoms with van der Waals surface area (Å²) >= 11 is 13.0. The second-order valence-electron chi connectivity index (χ2n) is 7.02. The van der Waals surface area contributed by atoms with E-state index in [1.54, 1.807) is 36.4 Å². The van der Waals surface area contributed by atoms with Crippen molar-refractivity contribution in [1.29, 1.82) is 5.26 Å². The molecule has 0 heterocycles. The highest BCUT2D eigenvalue weighted by molar-refractivity contribution is 9.11. The maximum Gasteiger partial charge on any atom is 0.266 e. The summed E-state index contributed by atoms with van der Waals surface area (Å²) in [5.74, 6) is 0.504. The quantitative estimate of drug-likeness (QED) is 0.231. The first-order chi connectivity index (χ1) is 15.8. The van der Waals surface area contributed by atoms with Crippen LogP contribution in [0.1, 0.15) is 16.7 Å². The highest BCUT2D eigenvalue weighted by Gasteiger charge is 2.13. The van der Waals surface area contributed by atoms with Crippen molar-refractivity contribution in [1.82, 2.24) is 0 Å². The Morgan fingerprint density at radius 1 is 1.12 bits per heavy atom. The molecule has 0 aliphatic rings. The number of amides is 1. The van der Waals surface area contributed by atoms with Crippen molar-refractivity contribution < 1.29 is 14.3 Å². The number of anilines is 1. The van der Waals surface area contributed by atoms with Gasteiger partial charge in [-0.15, -0.1) is 0 Å². The number of hydrogen-bond acceptors (Lipinski definition) is 4. The average molecular weight is 591 g/mol. The number of ether oxygens (including phenoxy) is 2. The molecule has 0 aliphatic carbocycles. The third-order valence-corrected chi connectivity index (χ3v) is 6.18. The van der Waals surface area contributed by atoms with Crippen LogP contribution in [0.15, 0.2) is 69.1 Å². The van der Waals surface area contributed by atoms with Gasteiger partial charge in [0.1, 0.15) is 18.2 Å². The Bertz CT molecular complexity index is 1270. The molecular weight excluding hydrogens is 572 g/mol. The summed E-state index contributed by atoms with van der Waals surface area (Å²) in [6.07, 6.45) is 1.49. The number of nitrogens with one attached hydrogen (secondary N) is 1. The van der Waals surface area contributed by atoms with Gasteiger partial charge >= 0.3 is 0 Å². The van der Waals surface area contributed by atoms with E-state index in [-0.39, 0.29) is 5.57 Å². The zero-order chi connectivity index (χ0) is 24.0. The summed E-state index contributed by atoms with van der Waals surface area (Å²) in [5.41, 5.74) is 2.94. The van der Waals surface area contributed by atoms with Crippen LogP contribution in [0.3, 0.4) is 0 Å². The van der Waals surface area contributed by atoms with E-state index in [0.29, 0.717) is 34.4 Å². The maximum absolute atomic E-state index is 12.6. The van der Waals surface area contributed by atoms with E-state index in [0.717, 1.165) is 20.1 Å². The Hall–Kier alpha value is -2.79. The van der Waals surface area contributed by atoms with Crippen molar-refractivity contribution in [2.45, 2.75) is 13.5 Å². The zero-order valence-electron chi connectivity index (χ0n) is 17.8. The smallest absolute Gasteiger partial charge is 0.266 e. The molecule has 3 aromatic rings. The first-order valence-electron chi connectivity index (χ1n) is 9.74. The molecule has 1 N–H and O–H groups in total. The highest BCUT2D eigenvalue weighted by atomic mass is 79.9. The molecule has 0 unspecified atom stereocenters. The molecule has 0 saturated heterocycles. The van der Waals surface area contributed by atoms with Crippen LogP contribution in [-0.4, -0.2) is 13.0 Å². The molecule has 3 rings (SSSR count). The molecule has 0 radical (unpaired) electrons. The second kappa shape index (κ2) is 11.4. The molecule has 0 aromatic heterocycles. The molecule has 168 valence electrons. The summed E-state index contributed by atoms with van der Waals surface area (Å²) < 4.78 is 13.3. The Morgan fingerprint density at radius 3 is 2.61 bits per heavy atom. The summed E-state index contributed by atoms with van der Waals surface area (Å²) in [6, 6.07) is 18.2.